The summed E-state index contributed by atoms with van der Waals surface area (Å²) in [6.07, 6.45) is -0.435. The molecule has 98 valence electrons. The van der Waals surface area contributed by atoms with Crippen LogP contribution in [0.1, 0.15) is 26.3 Å². The van der Waals surface area contributed by atoms with Crippen molar-refractivity contribution in [1.29, 1.82) is 5.26 Å². The Morgan fingerprint density at radius 1 is 1.39 bits per heavy atom. The first-order valence-corrected chi connectivity index (χ1v) is 6.87. The lowest BCUT2D eigenvalue weighted by atomic mass is 10.1. The zero-order valence-electron chi connectivity index (χ0n) is 11.0. The Morgan fingerprint density at radius 3 is 2.72 bits per heavy atom. The Labute approximate surface area is 117 Å². The normalized spacial score (nSPS) is 12.2. The zero-order valence-corrected chi connectivity index (χ0v) is 12.6. The van der Waals surface area contributed by atoms with Crippen molar-refractivity contribution >= 4 is 15.9 Å². The molecule has 4 heteroatoms. The summed E-state index contributed by atoms with van der Waals surface area (Å²) in [7, 11) is 0. The van der Waals surface area contributed by atoms with E-state index in [0.29, 0.717) is 5.92 Å². The van der Waals surface area contributed by atoms with E-state index in [-0.39, 0.29) is 0 Å². The summed E-state index contributed by atoms with van der Waals surface area (Å²) in [6.45, 7) is 7.78. The quantitative estimate of drug-likeness (QED) is 0.875. The lowest BCUT2D eigenvalue weighted by molar-refractivity contribution is 0.273. The molecule has 0 fully saturated rings. The largest absolute Gasteiger partial charge is 0.476 e. The third kappa shape index (κ3) is 5.07. The van der Waals surface area contributed by atoms with Crippen LogP contribution in [0.2, 0.25) is 0 Å². The van der Waals surface area contributed by atoms with Crippen LogP contribution in [0.3, 0.4) is 0 Å². The molecule has 0 aliphatic heterocycles. The molecule has 1 N–H and O–H groups in total. The minimum Gasteiger partial charge on any atom is -0.476 e. The van der Waals surface area contributed by atoms with E-state index in [2.05, 4.69) is 41.2 Å². The number of ether oxygens (including phenoxy) is 1. The third-order valence-electron chi connectivity index (χ3n) is 2.38. The van der Waals surface area contributed by atoms with Gasteiger partial charge in [0, 0.05) is 16.6 Å². The van der Waals surface area contributed by atoms with E-state index >= 15 is 0 Å². The summed E-state index contributed by atoms with van der Waals surface area (Å²) in [6, 6.07) is 7.91. The van der Waals surface area contributed by atoms with Crippen LogP contribution >= 0.6 is 15.9 Å². The van der Waals surface area contributed by atoms with E-state index < -0.39 is 6.10 Å². The zero-order chi connectivity index (χ0) is 13.5. The van der Waals surface area contributed by atoms with E-state index in [1.807, 2.05) is 18.2 Å². The highest BCUT2D eigenvalue weighted by Gasteiger charge is 2.08. The minimum atomic E-state index is -0.435. The van der Waals surface area contributed by atoms with Gasteiger partial charge in [0.15, 0.2) is 6.10 Å². The van der Waals surface area contributed by atoms with Crippen LogP contribution in [-0.4, -0.2) is 12.6 Å². The Morgan fingerprint density at radius 2 is 2.11 bits per heavy atom. The second-order valence-electron chi connectivity index (χ2n) is 4.67. The lowest BCUT2D eigenvalue weighted by Gasteiger charge is -2.14. The first-order valence-electron chi connectivity index (χ1n) is 6.08. The lowest BCUT2D eigenvalue weighted by Crippen LogP contribution is -2.20. The van der Waals surface area contributed by atoms with Crippen molar-refractivity contribution in [3.8, 4) is 11.8 Å². The van der Waals surface area contributed by atoms with E-state index in [9.17, 15) is 0 Å². The Hall–Kier alpha value is -1.05. The Balaban J connectivity index is 2.74. The van der Waals surface area contributed by atoms with Gasteiger partial charge in [-0.3, -0.25) is 0 Å². The van der Waals surface area contributed by atoms with Gasteiger partial charge in [-0.05, 0) is 37.6 Å². The molecule has 3 nitrogen and oxygen atoms in total. The monoisotopic (exact) mass is 310 g/mol. The fraction of sp³-hybridized carbons (Fsp3) is 0.500. The Kier molecular flexibility index (Phi) is 6.17. The van der Waals surface area contributed by atoms with Crippen molar-refractivity contribution in [3.05, 3.63) is 28.2 Å². The van der Waals surface area contributed by atoms with Crippen LogP contribution in [0, 0.1) is 17.2 Å². The summed E-state index contributed by atoms with van der Waals surface area (Å²) in [5, 5.41) is 12.2. The van der Waals surface area contributed by atoms with Crippen LogP contribution in [0.4, 0.5) is 0 Å². The van der Waals surface area contributed by atoms with E-state index in [1.165, 1.54) is 0 Å². The molecule has 18 heavy (non-hydrogen) atoms. The average Bonchev–Trinajstić information content (AvgIpc) is 2.31. The number of benzene rings is 1. The number of halogens is 1. The molecule has 0 amide bonds. The van der Waals surface area contributed by atoms with Gasteiger partial charge in [-0.15, -0.1) is 0 Å². The molecular formula is C14H19BrN2O. The highest BCUT2D eigenvalue weighted by Crippen LogP contribution is 2.24. The SMILES string of the molecule is CC(C)CNCc1cc(Br)ccc1OC(C)C#N. The first-order chi connectivity index (χ1) is 8.52. The van der Waals surface area contributed by atoms with Gasteiger partial charge in [0.2, 0.25) is 0 Å². The maximum Gasteiger partial charge on any atom is 0.181 e. The highest BCUT2D eigenvalue weighted by atomic mass is 79.9. The summed E-state index contributed by atoms with van der Waals surface area (Å²) in [5.74, 6) is 1.38. The van der Waals surface area contributed by atoms with Gasteiger partial charge in [-0.1, -0.05) is 29.8 Å². The van der Waals surface area contributed by atoms with Crippen LogP contribution in [0.25, 0.3) is 0 Å². The molecule has 0 saturated carbocycles. The van der Waals surface area contributed by atoms with Crippen molar-refractivity contribution in [3.63, 3.8) is 0 Å². The molecule has 1 atom stereocenters. The van der Waals surface area contributed by atoms with Gasteiger partial charge in [-0.2, -0.15) is 5.26 Å². The maximum atomic E-state index is 8.79. The smallest absolute Gasteiger partial charge is 0.181 e. The van der Waals surface area contributed by atoms with E-state index in [4.69, 9.17) is 10.00 Å². The standard InChI is InChI=1S/C14H19BrN2O/c1-10(2)8-17-9-12-6-13(15)4-5-14(12)18-11(3)7-16/h4-6,10-11,17H,8-9H2,1-3H3. The predicted octanol–water partition coefficient (Wildman–Crippen LogP) is 3.49. The molecule has 0 saturated heterocycles. The number of hydrogen-bond donors (Lipinski definition) is 1. The molecule has 1 aromatic carbocycles. The predicted molar refractivity (Wildman–Crippen MR) is 76.4 cm³/mol. The third-order valence-corrected chi connectivity index (χ3v) is 2.87. The van der Waals surface area contributed by atoms with Gasteiger partial charge in [0.05, 0.1) is 0 Å². The fourth-order valence-corrected chi connectivity index (χ4v) is 1.92. The van der Waals surface area contributed by atoms with Crippen molar-refractivity contribution < 1.29 is 4.74 Å². The molecule has 1 unspecified atom stereocenters. The fourth-order valence-electron chi connectivity index (χ4n) is 1.51. The van der Waals surface area contributed by atoms with Crippen molar-refractivity contribution in [2.45, 2.75) is 33.4 Å². The number of hydrogen-bond acceptors (Lipinski definition) is 3. The van der Waals surface area contributed by atoms with Gasteiger partial charge >= 0.3 is 0 Å². The van der Waals surface area contributed by atoms with Gasteiger partial charge in [0.25, 0.3) is 0 Å². The molecule has 0 aliphatic rings. The molecule has 0 bridgehead atoms. The van der Waals surface area contributed by atoms with Crippen molar-refractivity contribution in [2.24, 2.45) is 5.92 Å². The highest BCUT2D eigenvalue weighted by molar-refractivity contribution is 9.10. The van der Waals surface area contributed by atoms with Gasteiger partial charge in [0.1, 0.15) is 11.8 Å². The topological polar surface area (TPSA) is 45.0 Å². The molecular weight excluding hydrogens is 292 g/mol. The second kappa shape index (κ2) is 7.40. The van der Waals surface area contributed by atoms with Gasteiger partial charge in [-0.25, -0.2) is 0 Å². The second-order valence-corrected chi connectivity index (χ2v) is 5.58. The summed E-state index contributed by atoms with van der Waals surface area (Å²) < 4.78 is 6.60. The molecule has 0 spiro atoms. The number of nitrogens with zero attached hydrogens (tertiary/aromatic N) is 1. The van der Waals surface area contributed by atoms with Crippen molar-refractivity contribution in [1.82, 2.24) is 5.32 Å². The van der Waals surface area contributed by atoms with Crippen LogP contribution in [0.15, 0.2) is 22.7 Å². The molecule has 0 aromatic heterocycles. The summed E-state index contributed by atoms with van der Waals surface area (Å²) >= 11 is 3.45. The first kappa shape index (κ1) is 15.0. The van der Waals surface area contributed by atoms with Crippen LogP contribution in [-0.2, 0) is 6.54 Å². The van der Waals surface area contributed by atoms with E-state index in [0.717, 1.165) is 28.9 Å². The number of rotatable bonds is 6. The maximum absolute atomic E-state index is 8.79. The summed E-state index contributed by atoms with van der Waals surface area (Å²) in [5.41, 5.74) is 1.06. The van der Waals surface area contributed by atoms with Crippen molar-refractivity contribution in [2.75, 3.05) is 6.54 Å². The van der Waals surface area contributed by atoms with Crippen LogP contribution < -0.4 is 10.1 Å². The minimum absolute atomic E-state index is 0.435. The molecule has 1 rings (SSSR count). The molecule has 0 aliphatic carbocycles. The number of nitrogens with one attached hydrogen (secondary N) is 1. The Bertz CT molecular complexity index is 426. The van der Waals surface area contributed by atoms with Gasteiger partial charge < -0.3 is 10.1 Å². The summed E-state index contributed by atoms with van der Waals surface area (Å²) in [4.78, 5) is 0. The number of nitriles is 1. The van der Waals surface area contributed by atoms with Crippen LogP contribution in [0.5, 0.6) is 5.75 Å². The van der Waals surface area contributed by atoms with E-state index in [1.54, 1.807) is 6.92 Å². The molecule has 0 radical (unpaired) electrons. The average molecular weight is 311 g/mol. The molecule has 0 heterocycles. The molecule has 1 aromatic rings.